The molecule has 8 nitrogen and oxygen atoms in total. The molecule has 0 radical (unpaired) electrons. The van der Waals surface area contributed by atoms with E-state index < -0.39 is 34.9 Å². The van der Waals surface area contributed by atoms with Gasteiger partial charge in [0.05, 0.1) is 0 Å². The number of anilines is 1. The number of nitrogens with zero attached hydrogens (tertiary/aromatic N) is 3. The summed E-state index contributed by atoms with van der Waals surface area (Å²) in [5.41, 5.74) is 2.45. The first-order valence-electron chi connectivity index (χ1n) is 6.32. The van der Waals surface area contributed by atoms with Crippen LogP contribution in [-0.2, 0) is 10.5 Å². The standard InChI is InChI=1S/C12H11F2N5O3/c13-6-3-19(8-7(6)9(21)18-10(16)17-8)12(4-15)2-1-11(14,5-20)22-12/h3,20H,1-2,5H2,(H3,16,17,18,21)/t11-,12-/m0/s1. The highest BCUT2D eigenvalue weighted by Gasteiger charge is 2.52. The van der Waals surface area contributed by atoms with Gasteiger partial charge in [-0.3, -0.25) is 14.3 Å². The molecule has 0 saturated carbocycles. The Labute approximate surface area is 121 Å². The number of nitrogens with two attached hydrogens (primary N) is 1. The molecule has 0 amide bonds. The van der Waals surface area contributed by atoms with Gasteiger partial charge in [0.2, 0.25) is 17.5 Å². The van der Waals surface area contributed by atoms with E-state index in [1.165, 1.54) is 0 Å². The van der Waals surface area contributed by atoms with E-state index in [1.807, 2.05) is 0 Å². The zero-order valence-corrected chi connectivity index (χ0v) is 11.1. The van der Waals surface area contributed by atoms with Gasteiger partial charge in [-0.05, 0) is 0 Å². The van der Waals surface area contributed by atoms with Crippen molar-refractivity contribution in [3.63, 3.8) is 0 Å². The summed E-state index contributed by atoms with van der Waals surface area (Å²) >= 11 is 0. The molecule has 0 spiro atoms. The van der Waals surface area contributed by atoms with Gasteiger partial charge in [-0.2, -0.15) is 10.2 Å². The van der Waals surface area contributed by atoms with E-state index in [0.29, 0.717) is 0 Å². The normalized spacial score (nSPS) is 28.1. The summed E-state index contributed by atoms with van der Waals surface area (Å²) < 4.78 is 34.1. The monoisotopic (exact) mass is 311 g/mol. The average Bonchev–Trinajstić information content (AvgIpc) is 2.99. The number of rotatable bonds is 2. The molecule has 2 aromatic rings. The molecule has 3 heterocycles. The minimum Gasteiger partial charge on any atom is -0.390 e. The number of hydrogen-bond donors (Lipinski definition) is 3. The second kappa shape index (κ2) is 4.49. The molecule has 22 heavy (non-hydrogen) atoms. The second-order valence-electron chi connectivity index (χ2n) is 5.04. The molecule has 4 N–H and O–H groups in total. The third-order valence-electron chi connectivity index (χ3n) is 3.62. The largest absolute Gasteiger partial charge is 0.390 e. The van der Waals surface area contributed by atoms with Crippen molar-refractivity contribution < 1.29 is 18.6 Å². The van der Waals surface area contributed by atoms with E-state index in [-0.39, 0.29) is 24.4 Å². The Bertz CT molecular complexity index is 857. The minimum atomic E-state index is -2.42. The van der Waals surface area contributed by atoms with Crippen molar-refractivity contribution in [2.24, 2.45) is 0 Å². The highest BCUT2D eigenvalue weighted by molar-refractivity contribution is 5.77. The summed E-state index contributed by atoms with van der Waals surface area (Å²) in [6, 6.07) is 1.76. The first-order valence-corrected chi connectivity index (χ1v) is 6.32. The number of ether oxygens (including phenoxy) is 1. The third-order valence-corrected chi connectivity index (χ3v) is 3.62. The van der Waals surface area contributed by atoms with Crippen LogP contribution in [0.15, 0.2) is 11.0 Å². The molecule has 10 heteroatoms. The number of alkyl halides is 1. The third kappa shape index (κ3) is 1.87. The minimum absolute atomic E-state index is 0.155. The quantitative estimate of drug-likeness (QED) is 0.720. The maximum absolute atomic E-state index is 14.1. The van der Waals surface area contributed by atoms with Gasteiger partial charge in [-0.1, -0.05) is 0 Å². The maximum atomic E-state index is 14.1. The van der Waals surface area contributed by atoms with Gasteiger partial charge < -0.3 is 15.6 Å². The lowest BCUT2D eigenvalue weighted by Crippen LogP contribution is -2.36. The molecule has 116 valence electrons. The Morgan fingerprint density at radius 2 is 2.36 bits per heavy atom. The Hall–Kier alpha value is -2.51. The van der Waals surface area contributed by atoms with Crippen molar-refractivity contribution in [2.75, 3.05) is 12.3 Å². The zero-order valence-electron chi connectivity index (χ0n) is 11.1. The highest BCUT2D eigenvalue weighted by Crippen LogP contribution is 2.43. The van der Waals surface area contributed by atoms with Crippen LogP contribution >= 0.6 is 0 Å². The fourth-order valence-electron chi connectivity index (χ4n) is 2.56. The van der Waals surface area contributed by atoms with Crippen molar-refractivity contribution in [2.45, 2.75) is 24.4 Å². The number of halogens is 2. The molecule has 0 bridgehead atoms. The highest BCUT2D eigenvalue weighted by atomic mass is 19.2. The SMILES string of the molecule is N#C[C@]1(n2cc(F)c3c(=O)[nH]c(N)nc32)CC[C@@](F)(CO)O1. The van der Waals surface area contributed by atoms with Gasteiger partial charge >= 0.3 is 0 Å². The van der Waals surface area contributed by atoms with Crippen molar-refractivity contribution in [1.82, 2.24) is 14.5 Å². The number of nitrogens with one attached hydrogen (secondary N) is 1. The molecule has 0 aromatic carbocycles. The molecule has 1 saturated heterocycles. The molecule has 0 aliphatic carbocycles. The zero-order chi connectivity index (χ0) is 16.1. The Morgan fingerprint density at radius 1 is 1.64 bits per heavy atom. The van der Waals surface area contributed by atoms with Crippen LogP contribution in [-0.4, -0.2) is 32.1 Å². The number of aromatic amines is 1. The number of aliphatic hydroxyl groups is 1. The fourth-order valence-corrected chi connectivity index (χ4v) is 2.56. The van der Waals surface area contributed by atoms with Gasteiger partial charge in [-0.15, -0.1) is 0 Å². The number of nitriles is 1. The Balaban J connectivity index is 2.26. The predicted octanol–water partition coefficient (Wildman–Crippen LogP) is 0.0908. The number of H-pyrrole nitrogens is 1. The lowest BCUT2D eigenvalue weighted by molar-refractivity contribution is -0.201. The Kier molecular flexibility index (Phi) is 2.95. The van der Waals surface area contributed by atoms with Crippen molar-refractivity contribution in [3.05, 3.63) is 22.4 Å². The average molecular weight is 311 g/mol. The van der Waals surface area contributed by atoms with Gasteiger partial charge in [0.25, 0.3) is 5.56 Å². The van der Waals surface area contributed by atoms with Crippen LogP contribution in [0, 0.1) is 17.1 Å². The van der Waals surface area contributed by atoms with Crippen LogP contribution in [0.4, 0.5) is 14.7 Å². The summed E-state index contributed by atoms with van der Waals surface area (Å²) in [6.45, 7) is -0.950. The van der Waals surface area contributed by atoms with Crippen molar-refractivity contribution >= 4 is 17.0 Å². The number of nitrogen functional groups attached to an aromatic ring is 1. The predicted molar refractivity (Wildman–Crippen MR) is 69.6 cm³/mol. The van der Waals surface area contributed by atoms with E-state index >= 15 is 0 Å². The lowest BCUT2D eigenvalue weighted by atomic mass is 10.1. The topological polar surface area (TPSA) is 130 Å². The summed E-state index contributed by atoms with van der Waals surface area (Å²) in [7, 11) is 0. The van der Waals surface area contributed by atoms with Gasteiger partial charge in [0.1, 0.15) is 18.1 Å². The second-order valence-corrected chi connectivity index (χ2v) is 5.04. The number of hydrogen-bond acceptors (Lipinski definition) is 6. The Morgan fingerprint density at radius 3 is 2.95 bits per heavy atom. The summed E-state index contributed by atoms with van der Waals surface area (Å²) in [6.07, 6.45) is 0.411. The van der Waals surface area contributed by atoms with E-state index in [0.717, 1.165) is 10.8 Å². The number of fused-ring (bicyclic) bond motifs is 1. The van der Waals surface area contributed by atoms with Crippen molar-refractivity contribution in [3.8, 4) is 6.07 Å². The molecule has 2 atom stereocenters. The van der Waals surface area contributed by atoms with Crippen LogP contribution < -0.4 is 11.3 Å². The summed E-state index contributed by atoms with van der Waals surface area (Å²) in [5.74, 6) is -3.64. The molecule has 1 fully saturated rings. The van der Waals surface area contributed by atoms with Gasteiger partial charge in [-0.25, -0.2) is 8.78 Å². The lowest BCUT2D eigenvalue weighted by Gasteiger charge is -2.25. The molecule has 2 aromatic heterocycles. The molecule has 3 rings (SSSR count). The van der Waals surface area contributed by atoms with E-state index in [4.69, 9.17) is 15.6 Å². The van der Waals surface area contributed by atoms with Crippen LogP contribution in [0.5, 0.6) is 0 Å². The van der Waals surface area contributed by atoms with Crippen LogP contribution in [0.25, 0.3) is 11.0 Å². The van der Waals surface area contributed by atoms with E-state index in [1.54, 1.807) is 6.07 Å². The summed E-state index contributed by atoms with van der Waals surface area (Å²) in [5, 5.41) is 18.0. The van der Waals surface area contributed by atoms with Gasteiger partial charge in [0, 0.05) is 19.0 Å². The molecule has 1 aliphatic rings. The first-order chi connectivity index (χ1) is 10.3. The summed E-state index contributed by atoms with van der Waals surface area (Å²) in [4.78, 5) is 17.7. The van der Waals surface area contributed by atoms with Crippen molar-refractivity contribution in [1.29, 1.82) is 5.26 Å². The van der Waals surface area contributed by atoms with Crippen LogP contribution in [0.3, 0.4) is 0 Å². The fraction of sp³-hybridized carbons (Fsp3) is 0.417. The van der Waals surface area contributed by atoms with Crippen LogP contribution in [0.2, 0.25) is 0 Å². The smallest absolute Gasteiger partial charge is 0.264 e. The maximum Gasteiger partial charge on any atom is 0.264 e. The van der Waals surface area contributed by atoms with Crippen LogP contribution in [0.1, 0.15) is 12.8 Å². The molecular weight excluding hydrogens is 300 g/mol. The van der Waals surface area contributed by atoms with E-state index in [9.17, 15) is 18.8 Å². The molecule has 1 aliphatic heterocycles. The molecule has 0 unspecified atom stereocenters. The number of aliphatic hydroxyl groups excluding tert-OH is 1. The first kappa shape index (κ1) is 14.4. The van der Waals surface area contributed by atoms with Gasteiger partial charge in [0.15, 0.2) is 11.5 Å². The molecular formula is C12H11F2N5O3. The van der Waals surface area contributed by atoms with E-state index in [2.05, 4.69) is 9.97 Å². The number of aromatic nitrogens is 3.